The summed E-state index contributed by atoms with van der Waals surface area (Å²) in [5.41, 5.74) is 1.87. The Balaban J connectivity index is 1.48. The predicted molar refractivity (Wildman–Crippen MR) is 142 cm³/mol. The Kier molecular flexibility index (Phi) is 8.71. The zero-order chi connectivity index (χ0) is 26.2. The van der Waals surface area contributed by atoms with Crippen molar-refractivity contribution in [1.29, 1.82) is 0 Å². The van der Waals surface area contributed by atoms with E-state index in [1.165, 1.54) is 16.7 Å². The van der Waals surface area contributed by atoms with Crippen LogP contribution in [0.15, 0.2) is 89.8 Å². The van der Waals surface area contributed by atoms with Crippen molar-refractivity contribution in [3.63, 3.8) is 0 Å². The number of amides is 2. The molecule has 3 N–H and O–H groups in total. The molecule has 8 nitrogen and oxygen atoms in total. The van der Waals surface area contributed by atoms with Crippen LogP contribution in [-0.4, -0.2) is 59.6 Å². The Labute approximate surface area is 219 Å². The van der Waals surface area contributed by atoms with Gasteiger partial charge in [-0.1, -0.05) is 60.7 Å². The lowest BCUT2D eigenvalue weighted by atomic mass is 10.0. The number of hydrogen-bond acceptors (Lipinski definition) is 6. The molecule has 0 bridgehead atoms. The molecule has 0 fully saturated rings. The fourth-order valence-corrected chi connectivity index (χ4v) is 5.18. The number of carboxylic acid groups (broad SMARTS) is 1. The van der Waals surface area contributed by atoms with Gasteiger partial charge < -0.3 is 10.4 Å². The highest BCUT2D eigenvalue weighted by Crippen LogP contribution is 2.34. The third kappa shape index (κ3) is 6.84. The second-order valence-corrected chi connectivity index (χ2v) is 9.64. The van der Waals surface area contributed by atoms with Crippen molar-refractivity contribution in [3.05, 3.63) is 96.1 Å². The lowest BCUT2D eigenvalue weighted by Gasteiger charge is -2.25. The number of anilines is 1. The van der Waals surface area contributed by atoms with Crippen molar-refractivity contribution in [2.45, 2.75) is 23.4 Å². The van der Waals surface area contributed by atoms with E-state index in [0.717, 1.165) is 10.5 Å². The van der Waals surface area contributed by atoms with Crippen LogP contribution in [0.1, 0.15) is 15.9 Å². The molecule has 0 radical (unpaired) electrons. The van der Waals surface area contributed by atoms with E-state index in [2.05, 4.69) is 10.6 Å². The van der Waals surface area contributed by atoms with Crippen molar-refractivity contribution in [2.24, 2.45) is 0 Å². The molecule has 0 saturated carbocycles. The third-order valence-corrected chi connectivity index (χ3v) is 7.11. The number of nitrogens with zero attached hydrogens (tertiary/aromatic N) is 1. The second-order valence-electron chi connectivity index (χ2n) is 8.58. The van der Waals surface area contributed by atoms with Gasteiger partial charge in [0.15, 0.2) is 5.78 Å². The molecule has 1 heterocycles. The molecule has 0 aromatic heterocycles. The van der Waals surface area contributed by atoms with Crippen LogP contribution in [0.2, 0.25) is 0 Å². The number of ketones is 1. The average Bonchev–Trinajstić information content (AvgIpc) is 3.04. The number of carbonyl (C=O) groups is 4. The molecule has 4 rings (SSSR count). The smallest absolute Gasteiger partial charge is 0.323 e. The Morgan fingerprint density at radius 3 is 2.30 bits per heavy atom. The van der Waals surface area contributed by atoms with E-state index >= 15 is 0 Å². The molecule has 2 atom stereocenters. The summed E-state index contributed by atoms with van der Waals surface area (Å²) in [6, 6.07) is 23.6. The summed E-state index contributed by atoms with van der Waals surface area (Å²) in [5.74, 6) is -1.85. The first-order chi connectivity index (χ1) is 17.9. The number of thioether (sulfide) groups is 1. The molecule has 9 heteroatoms. The van der Waals surface area contributed by atoms with Crippen LogP contribution in [-0.2, 0) is 20.8 Å². The summed E-state index contributed by atoms with van der Waals surface area (Å²) in [6.45, 7) is -0.646. The van der Waals surface area contributed by atoms with Crippen LogP contribution in [0, 0.1) is 0 Å². The number of carbonyl (C=O) groups excluding carboxylic acids is 3. The van der Waals surface area contributed by atoms with E-state index in [0.29, 0.717) is 23.4 Å². The van der Waals surface area contributed by atoms with Gasteiger partial charge in [0, 0.05) is 16.2 Å². The first kappa shape index (κ1) is 26.1. The average molecular weight is 518 g/mol. The lowest BCUT2D eigenvalue weighted by molar-refractivity contribution is -0.137. The number of rotatable bonds is 10. The highest BCUT2D eigenvalue weighted by Gasteiger charge is 2.32. The van der Waals surface area contributed by atoms with E-state index in [4.69, 9.17) is 0 Å². The minimum absolute atomic E-state index is 0.166. The first-order valence-electron chi connectivity index (χ1n) is 11.8. The second kappa shape index (κ2) is 12.3. The molecule has 0 aliphatic carbocycles. The van der Waals surface area contributed by atoms with Gasteiger partial charge in [-0.2, -0.15) is 0 Å². The third-order valence-electron chi connectivity index (χ3n) is 5.95. The Bertz CT molecular complexity index is 1270. The van der Waals surface area contributed by atoms with Crippen molar-refractivity contribution >= 4 is 41.0 Å². The quantitative estimate of drug-likeness (QED) is 0.379. The van der Waals surface area contributed by atoms with Gasteiger partial charge in [-0.05, 0) is 36.2 Å². The Morgan fingerprint density at radius 2 is 1.59 bits per heavy atom. The van der Waals surface area contributed by atoms with E-state index in [1.807, 2.05) is 42.5 Å². The molecule has 1 aliphatic rings. The van der Waals surface area contributed by atoms with Gasteiger partial charge in [0.1, 0.15) is 6.54 Å². The largest absolute Gasteiger partial charge is 0.480 e. The Morgan fingerprint density at radius 1 is 0.946 bits per heavy atom. The van der Waals surface area contributed by atoms with Crippen molar-refractivity contribution in [3.8, 4) is 0 Å². The maximum atomic E-state index is 13.3. The van der Waals surface area contributed by atoms with Crippen LogP contribution in [0.25, 0.3) is 0 Å². The van der Waals surface area contributed by atoms with E-state index in [9.17, 15) is 24.3 Å². The summed E-state index contributed by atoms with van der Waals surface area (Å²) in [5, 5.41) is 15.2. The molecule has 37 heavy (non-hydrogen) atoms. The molecular weight excluding hydrogens is 490 g/mol. The van der Waals surface area contributed by atoms with Gasteiger partial charge in [-0.3, -0.25) is 29.4 Å². The normalized spacial score (nSPS) is 15.8. The highest BCUT2D eigenvalue weighted by atomic mass is 32.2. The SMILES string of the molecule is O=C(O)CN1C(=O)C(NCC(=O)C(Cc2ccccc2)NC(=O)c2ccccc2)CSc2ccccc21. The van der Waals surface area contributed by atoms with Gasteiger partial charge in [-0.25, -0.2) is 0 Å². The van der Waals surface area contributed by atoms with E-state index in [1.54, 1.807) is 42.5 Å². The Hall–Kier alpha value is -3.95. The van der Waals surface area contributed by atoms with Crippen molar-refractivity contribution < 1.29 is 24.3 Å². The fourth-order valence-electron chi connectivity index (χ4n) is 4.07. The van der Waals surface area contributed by atoms with Crippen molar-refractivity contribution in [2.75, 3.05) is 23.7 Å². The summed E-state index contributed by atoms with van der Waals surface area (Å²) in [4.78, 5) is 52.9. The number of fused-ring (bicyclic) bond motifs is 1. The van der Waals surface area contributed by atoms with Gasteiger partial charge >= 0.3 is 5.97 Å². The first-order valence-corrected chi connectivity index (χ1v) is 12.8. The lowest BCUT2D eigenvalue weighted by Crippen LogP contribution is -2.52. The van der Waals surface area contributed by atoms with Crippen LogP contribution >= 0.6 is 11.8 Å². The topological polar surface area (TPSA) is 116 Å². The number of benzene rings is 3. The number of aliphatic carboxylic acids is 1. The molecule has 1 aliphatic heterocycles. The zero-order valence-corrected chi connectivity index (χ0v) is 20.8. The minimum Gasteiger partial charge on any atom is -0.480 e. The van der Waals surface area contributed by atoms with Gasteiger partial charge in [0.2, 0.25) is 5.91 Å². The molecular formula is C28H27N3O5S. The number of Topliss-reactive ketones (excluding diaryl/α,β-unsaturated/α-hetero) is 1. The van der Waals surface area contributed by atoms with E-state index < -0.39 is 30.5 Å². The van der Waals surface area contributed by atoms with Gasteiger partial charge in [0.05, 0.1) is 24.3 Å². The zero-order valence-electron chi connectivity index (χ0n) is 20.0. The predicted octanol–water partition coefficient (Wildman–Crippen LogP) is 2.78. The maximum Gasteiger partial charge on any atom is 0.323 e. The number of hydrogen-bond donors (Lipinski definition) is 3. The van der Waals surface area contributed by atoms with Gasteiger partial charge in [0.25, 0.3) is 5.91 Å². The summed E-state index contributed by atoms with van der Waals surface area (Å²) >= 11 is 1.42. The minimum atomic E-state index is -1.13. The maximum absolute atomic E-state index is 13.3. The molecule has 190 valence electrons. The van der Waals surface area contributed by atoms with Gasteiger partial charge in [-0.15, -0.1) is 11.8 Å². The van der Waals surface area contributed by atoms with E-state index in [-0.39, 0.29) is 18.2 Å². The van der Waals surface area contributed by atoms with Crippen LogP contribution in [0.4, 0.5) is 5.69 Å². The van der Waals surface area contributed by atoms with Crippen LogP contribution in [0.3, 0.4) is 0 Å². The molecule has 3 aromatic rings. The molecule has 0 saturated heterocycles. The number of carboxylic acids is 1. The summed E-state index contributed by atoms with van der Waals surface area (Å²) in [6.07, 6.45) is 0.296. The highest BCUT2D eigenvalue weighted by molar-refractivity contribution is 7.99. The van der Waals surface area contributed by atoms with Crippen LogP contribution < -0.4 is 15.5 Å². The molecule has 2 unspecified atom stereocenters. The van der Waals surface area contributed by atoms with Crippen molar-refractivity contribution in [1.82, 2.24) is 10.6 Å². The fraction of sp³-hybridized carbons (Fsp3) is 0.214. The molecule has 0 spiro atoms. The number of para-hydroxylation sites is 1. The number of nitrogens with one attached hydrogen (secondary N) is 2. The molecule has 3 aromatic carbocycles. The standard InChI is InChI=1S/C28H27N3O5S/c32-24(21(15-19-9-3-1-4-10-19)30-27(35)20-11-5-2-6-12-20)16-29-22-18-37-25-14-8-7-13-23(25)31(28(22)36)17-26(33)34/h1-14,21-22,29H,15-18H2,(H,30,35)(H,33,34). The monoisotopic (exact) mass is 517 g/mol. The summed E-state index contributed by atoms with van der Waals surface area (Å²) < 4.78 is 0. The summed E-state index contributed by atoms with van der Waals surface area (Å²) in [7, 11) is 0. The molecule has 2 amide bonds. The van der Waals surface area contributed by atoms with Crippen LogP contribution in [0.5, 0.6) is 0 Å².